The molecule has 0 aromatic heterocycles. The Kier molecular flexibility index (Phi) is 4.98. The molecule has 3 N–H and O–H groups in total. The van der Waals surface area contributed by atoms with Gasteiger partial charge in [-0.05, 0) is 44.4 Å². The zero-order valence-corrected chi connectivity index (χ0v) is 12.0. The molecule has 0 bridgehead atoms. The van der Waals surface area contributed by atoms with Gasteiger partial charge in [-0.2, -0.15) is 0 Å². The molecule has 110 valence electrons. The van der Waals surface area contributed by atoms with Gasteiger partial charge >= 0.3 is 0 Å². The second kappa shape index (κ2) is 6.72. The zero-order valence-electron chi connectivity index (χ0n) is 12.0. The molecule has 0 aliphatic carbocycles. The minimum absolute atomic E-state index is 0.00451. The first kappa shape index (κ1) is 14.8. The van der Waals surface area contributed by atoms with Crippen LogP contribution in [0.5, 0.6) is 5.75 Å². The molecule has 1 saturated heterocycles. The minimum atomic E-state index is -0.417. The molecule has 1 amide bonds. The number of hydrogen-bond acceptors (Lipinski definition) is 4. The summed E-state index contributed by atoms with van der Waals surface area (Å²) >= 11 is 0. The van der Waals surface area contributed by atoms with Crippen molar-refractivity contribution in [2.75, 3.05) is 18.5 Å². The number of amides is 1. The number of nitrogens with one attached hydrogen (secondary N) is 1. The fourth-order valence-electron chi connectivity index (χ4n) is 2.29. The lowest BCUT2D eigenvalue weighted by atomic mass is 10.1. The van der Waals surface area contributed by atoms with E-state index in [0.717, 1.165) is 12.0 Å². The fourth-order valence-corrected chi connectivity index (χ4v) is 2.29. The predicted octanol–water partition coefficient (Wildman–Crippen LogP) is 1.84. The van der Waals surface area contributed by atoms with Gasteiger partial charge in [0, 0.05) is 6.54 Å². The first-order valence-corrected chi connectivity index (χ1v) is 7.04. The van der Waals surface area contributed by atoms with Crippen molar-refractivity contribution in [2.24, 2.45) is 5.73 Å². The van der Waals surface area contributed by atoms with E-state index in [1.807, 2.05) is 32.0 Å². The Bertz CT molecular complexity index is 476. The Morgan fingerprint density at radius 3 is 2.95 bits per heavy atom. The maximum atomic E-state index is 12.2. The molecule has 1 aliphatic rings. The van der Waals surface area contributed by atoms with E-state index < -0.39 is 6.10 Å². The van der Waals surface area contributed by atoms with Crippen LogP contribution in [0.2, 0.25) is 0 Å². The normalized spacial score (nSPS) is 21.8. The SMILES string of the molecule is CCOc1cc(C)ccc1NC(=O)C1CCC(CN)O1. The van der Waals surface area contributed by atoms with Crippen molar-refractivity contribution in [3.63, 3.8) is 0 Å². The molecule has 1 aromatic carbocycles. The molecular weight excluding hydrogens is 256 g/mol. The zero-order chi connectivity index (χ0) is 14.5. The van der Waals surface area contributed by atoms with Gasteiger partial charge in [-0.3, -0.25) is 4.79 Å². The number of rotatable bonds is 5. The summed E-state index contributed by atoms with van der Waals surface area (Å²) in [5.74, 6) is 0.556. The highest BCUT2D eigenvalue weighted by Crippen LogP contribution is 2.27. The Hall–Kier alpha value is -1.59. The Labute approximate surface area is 119 Å². The van der Waals surface area contributed by atoms with Gasteiger partial charge in [-0.15, -0.1) is 0 Å². The molecule has 2 unspecified atom stereocenters. The van der Waals surface area contributed by atoms with Crippen LogP contribution in [0, 0.1) is 6.92 Å². The van der Waals surface area contributed by atoms with Crippen LogP contribution >= 0.6 is 0 Å². The quantitative estimate of drug-likeness (QED) is 0.862. The molecule has 0 radical (unpaired) electrons. The van der Waals surface area contributed by atoms with Gasteiger partial charge in [0.25, 0.3) is 5.91 Å². The van der Waals surface area contributed by atoms with E-state index in [2.05, 4.69) is 5.32 Å². The summed E-state index contributed by atoms with van der Waals surface area (Å²) < 4.78 is 11.1. The second-order valence-electron chi connectivity index (χ2n) is 4.98. The molecular formula is C15H22N2O3. The monoisotopic (exact) mass is 278 g/mol. The van der Waals surface area contributed by atoms with E-state index in [9.17, 15) is 4.79 Å². The summed E-state index contributed by atoms with van der Waals surface area (Å²) in [6.07, 6.45) is 1.12. The highest BCUT2D eigenvalue weighted by Gasteiger charge is 2.30. The van der Waals surface area contributed by atoms with E-state index >= 15 is 0 Å². The number of benzene rings is 1. The van der Waals surface area contributed by atoms with Crippen LogP contribution < -0.4 is 15.8 Å². The summed E-state index contributed by atoms with van der Waals surface area (Å²) in [6, 6.07) is 5.71. The van der Waals surface area contributed by atoms with Gasteiger partial charge in [-0.25, -0.2) is 0 Å². The average molecular weight is 278 g/mol. The number of carbonyl (C=O) groups excluding carboxylic acids is 1. The lowest BCUT2D eigenvalue weighted by Crippen LogP contribution is -2.30. The van der Waals surface area contributed by atoms with Crippen LogP contribution in [0.25, 0.3) is 0 Å². The number of aryl methyl sites for hydroxylation is 1. The van der Waals surface area contributed by atoms with E-state index in [0.29, 0.717) is 31.0 Å². The summed E-state index contributed by atoms with van der Waals surface area (Å²) in [4.78, 5) is 12.2. The summed E-state index contributed by atoms with van der Waals surface area (Å²) in [5, 5.41) is 2.88. The molecule has 2 rings (SSSR count). The molecule has 0 saturated carbocycles. The Balaban J connectivity index is 2.04. The van der Waals surface area contributed by atoms with E-state index in [1.165, 1.54) is 0 Å². The summed E-state index contributed by atoms with van der Waals surface area (Å²) in [7, 11) is 0. The van der Waals surface area contributed by atoms with Crippen LogP contribution in [-0.4, -0.2) is 31.3 Å². The molecule has 5 heteroatoms. The Morgan fingerprint density at radius 2 is 2.30 bits per heavy atom. The van der Waals surface area contributed by atoms with Crippen molar-refractivity contribution >= 4 is 11.6 Å². The summed E-state index contributed by atoms with van der Waals surface area (Å²) in [5.41, 5.74) is 7.32. The number of hydrogen-bond donors (Lipinski definition) is 2. The van der Waals surface area contributed by atoms with Crippen molar-refractivity contribution in [3.05, 3.63) is 23.8 Å². The lowest BCUT2D eigenvalue weighted by molar-refractivity contribution is -0.126. The highest BCUT2D eigenvalue weighted by molar-refractivity contribution is 5.95. The largest absolute Gasteiger partial charge is 0.492 e. The van der Waals surface area contributed by atoms with Crippen molar-refractivity contribution in [3.8, 4) is 5.75 Å². The van der Waals surface area contributed by atoms with Crippen LogP contribution in [0.1, 0.15) is 25.3 Å². The molecule has 1 aromatic rings. The van der Waals surface area contributed by atoms with Crippen LogP contribution in [0.15, 0.2) is 18.2 Å². The van der Waals surface area contributed by atoms with Gasteiger partial charge in [-0.1, -0.05) is 6.07 Å². The van der Waals surface area contributed by atoms with Gasteiger partial charge < -0.3 is 20.5 Å². The first-order valence-electron chi connectivity index (χ1n) is 7.04. The standard InChI is InChI=1S/C15H22N2O3/c1-3-19-14-8-10(2)4-6-12(14)17-15(18)13-7-5-11(9-16)20-13/h4,6,8,11,13H,3,5,7,9,16H2,1-2H3,(H,17,18). The van der Waals surface area contributed by atoms with E-state index in [-0.39, 0.29) is 12.0 Å². The summed E-state index contributed by atoms with van der Waals surface area (Å²) in [6.45, 7) is 4.92. The topological polar surface area (TPSA) is 73.6 Å². The van der Waals surface area contributed by atoms with Gasteiger partial charge in [0.15, 0.2) is 0 Å². The third kappa shape index (κ3) is 3.49. The minimum Gasteiger partial charge on any atom is -0.492 e. The number of ether oxygens (including phenoxy) is 2. The Morgan fingerprint density at radius 1 is 1.50 bits per heavy atom. The molecule has 2 atom stereocenters. The molecule has 5 nitrogen and oxygen atoms in total. The number of anilines is 1. The maximum Gasteiger partial charge on any atom is 0.253 e. The van der Waals surface area contributed by atoms with Gasteiger partial charge in [0.1, 0.15) is 11.9 Å². The fraction of sp³-hybridized carbons (Fsp3) is 0.533. The van der Waals surface area contributed by atoms with Crippen molar-refractivity contribution < 1.29 is 14.3 Å². The second-order valence-corrected chi connectivity index (χ2v) is 4.98. The average Bonchev–Trinajstić information content (AvgIpc) is 2.91. The first-order chi connectivity index (χ1) is 9.63. The van der Waals surface area contributed by atoms with E-state index in [1.54, 1.807) is 0 Å². The van der Waals surface area contributed by atoms with Gasteiger partial charge in [0.2, 0.25) is 0 Å². The third-order valence-electron chi connectivity index (χ3n) is 3.36. The van der Waals surface area contributed by atoms with Gasteiger partial charge in [0.05, 0.1) is 18.4 Å². The van der Waals surface area contributed by atoms with E-state index in [4.69, 9.17) is 15.2 Å². The number of nitrogens with two attached hydrogens (primary N) is 1. The molecule has 1 fully saturated rings. The number of carbonyl (C=O) groups is 1. The molecule has 0 spiro atoms. The molecule has 1 aliphatic heterocycles. The predicted molar refractivity (Wildman–Crippen MR) is 77.9 cm³/mol. The van der Waals surface area contributed by atoms with Crippen LogP contribution in [-0.2, 0) is 9.53 Å². The van der Waals surface area contributed by atoms with Crippen LogP contribution in [0.3, 0.4) is 0 Å². The third-order valence-corrected chi connectivity index (χ3v) is 3.36. The highest BCUT2D eigenvalue weighted by atomic mass is 16.5. The molecule has 1 heterocycles. The van der Waals surface area contributed by atoms with Crippen LogP contribution in [0.4, 0.5) is 5.69 Å². The van der Waals surface area contributed by atoms with Crippen molar-refractivity contribution in [1.82, 2.24) is 0 Å². The van der Waals surface area contributed by atoms with Crippen molar-refractivity contribution in [2.45, 2.75) is 38.9 Å². The lowest BCUT2D eigenvalue weighted by Gasteiger charge is -2.15. The smallest absolute Gasteiger partial charge is 0.253 e. The maximum absolute atomic E-state index is 12.2. The molecule has 20 heavy (non-hydrogen) atoms. The van der Waals surface area contributed by atoms with Crippen molar-refractivity contribution in [1.29, 1.82) is 0 Å².